The molecule has 0 atom stereocenters. The number of hydrogen-bond donors (Lipinski definition) is 1. The fourth-order valence-electron chi connectivity index (χ4n) is 12.0. The number of carbonyl (C=O) groups is 1. The maximum Gasteiger partial charge on any atom is 0.293 e. The van der Waals surface area contributed by atoms with Crippen molar-refractivity contribution in [2.45, 2.75) is 113 Å². The summed E-state index contributed by atoms with van der Waals surface area (Å²) in [5.74, 6) is 0.892. The Hall–Kier alpha value is -10.3. The van der Waals surface area contributed by atoms with Gasteiger partial charge in [0.05, 0.1) is 20.3 Å². The highest BCUT2D eigenvalue weighted by molar-refractivity contribution is 7.09. The first kappa shape index (κ1) is 77.9. The summed E-state index contributed by atoms with van der Waals surface area (Å²) in [6.07, 6.45) is 1.87. The van der Waals surface area contributed by atoms with E-state index in [-0.39, 0.29) is 6.61 Å². The van der Waals surface area contributed by atoms with Crippen molar-refractivity contribution >= 4 is 29.2 Å². The lowest BCUT2D eigenvalue weighted by atomic mass is 10.1. The molecule has 0 fully saturated rings. The highest BCUT2D eigenvalue weighted by Gasteiger charge is 2.15. The molecule has 12 heteroatoms. The highest BCUT2D eigenvalue weighted by Crippen LogP contribution is 2.24. The molecule has 1 N–H and O–H groups in total. The third kappa shape index (κ3) is 27.8. The number of benzene rings is 11. The molecular formula is C92H103N7O4S. The molecule has 0 saturated carbocycles. The van der Waals surface area contributed by atoms with Crippen LogP contribution in [0.3, 0.4) is 0 Å². The number of carbonyl (C=O) groups excluding carboxylic acids is 1. The Morgan fingerprint density at radius 3 is 0.865 bits per heavy atom. The summed E-state index contributed by atoms with van der Waals surface area (Å²) in [7, 11) is 10.0. The van der Waals surface area contributed by atoms with E-state index in [0.29, 0.717) is 13.1 Å². The fourth-order valence-corrected chi connectivity index (χ4v) is 12.7. The predicted octanol–water partition coefficient (Wildman–Crippen LogP) is 19.2. The second-order valence-corrected chi connectivity index (χ2v) is 28.1. The van der Waals surface area contributed by atoms with Crippen molar-refractivity contribution < 1.29 is 19.4 Å². The minimum absolute atomic E-state index is 0.0946. The summed E-state index contributed by atoms with van der Waals surface area (Å²) in [5, 5.41) is 12.4. The molecule has 11 aromatic carbocycles. The van der Waals surface area contributed by atoms with Gasteiger partial charge in [-0.2, -0.15) is 0 Å². The number of thiazole rings is 1. The van der Waals surface area contributed by atoms with Crippen LogP contribution in [0.25, 0.3) is 0 Å². The highest BCUT2D eigenvalue weighted by atomic mass is 32.1. The van der Waals surface area contributed by atoms with E-state index < -0.39 is 0 Å². The van der Waals surface area contributed by atoms with Gasteiger partial charge in [-0.1, -0.05) is 265 Å². The molecule has 0 aliphatic rings. The van der Waals surface area contributed by atoms with Gasteiger partial charge in [0.15, 0.2) is 0 Å². The number of rotatable bonds is 31. The molecule has 1 heterocycles. The van der Waals surface area contributed by atoms with Crippen LogP contribution in [0.5, 0.6) is 5.75 Å². The molecule has 12 aromatic rings. The Balaban J connectivity index is 0.000000161. The Morgan fingerprint density at radius 1 is 0.337 bits per heavy atom. The number of aliphatic hydroxyl groups excluding tert-OH is 1. The Kier molecular flexibility index (Phi) is 31.7. The molecule has 0 saturated heterocycles. The van der Waals surface area contributed by atoms with Crippen molar-refractivity contribution in [1.29, 1.82) is 0 Å². The third-order valence-corrected chi connectivity index (χ3v) is 18.6. The molecule has 0 amide bonds. The van der Waals surface area contributed by atoms with E-state index in [1.54, 1.807) is 18.4 Å². The van der Waals surface area contributed by atoms with Gasteiger partial charge in [-0.05, 0) is 129 Å². The lowest BCUT2D eigenvalue weighted by Crippen LogP contribution is -2.22. The molecule has 0 aliphatic heterocycles. The van der Waals surface area contributed by atoms with E-state index in [0.717, 1.165) is 100 Å². The standard InChI is InChI=1S/C25H31N3.C24H25NO2.C23H25NO.C20H22N2OS/c1-26(2)24-14-10-22(11-15-24)19-28(18-21-8-6-5-7-9-21)20-23-12-16-25(17-13-23)27(3)4;1-20-7-9-22(10-8-20)16-25(15-21-5-3-2-4-6-21)17-23-11-13-24(14-12-23)18-27-19-26;1-19-7-9-21(10-8-19)16-24(15-20-5-3-2-4-6-20)17-22-11-13-23(18-25)14-12-22;1-16-3-5-17(6-4-16)13-22(15-20-21-11-12-24-20)14-18-7-9-19(23-2)10-8-18/h5-17H,18-20H2,1-4H3;2-14,19H,15-18H2,1H3;2-14,25H,15-18H2,1H3;3-12H,13-15H2,1-2H3. The van der Waals surface area contributed by atoms with Crippen LogP contribution in [-0.2, 0) is 101 Å². The number of methoxy groups -OCH3 is 1. The van der Waals surface area contributed by atoms with E-state index in [4.69, 9.17) is 9.47 Å². The van der Waals surface area contributed by atoms with Crippen LogP contribution in [0.4, 0.5) is 11.4 Å². The van der Waals surface area contributed by atoms with Gasteiger partial charge in [0.25, 0.3) is 6.47 Å². The van der Waals surface area contributed by atoms with E-state index >= 15 is 0 Å². The fraction of sp³-hybridized carbons (Fsp3) is 0.239. The van der Waals surface area contributed by atoms with Crippen molar-refractivity contribution in [3.05, 3.63) is 391 Å². The van der Waals surface area contributed by atoms with Crippen LogP contribution in [0, 0.1) is 20.8 Å². The van der Waals surface area contributed by atoms with Crippen LogP contribution in [-0.4, -0.2) is 71.5 Å². The number of aliphatic hydroxyl groups is 1. The smallest absolute Gasteiger partial charge is 0.293 e. The molecular weight excluding hydrogens is 1300 g/mol. The van der Waals surface area contributed by atoms with Gasteiger partial charge in [0.2, 0.25) is 0 Å². The van der Waals surface area contributed by atoms with E-state index in [2.05, 4.69) is 326 Å². The van der Waals surface area contributed by atoms with Gasteiger partial charge < -0.3 is 24.4 Å². The molecule has 1 aromatic heterocycles. The minimum Gasteiger partial charge on any atom is -0.497 e. The number of nitrogens with zero attached hydrogens (tertiary/aromatic N) is 7. The molecule has 0 radical (unpaired) electrons. The zero-order valence-electron chi connectivity index (χ0n) is 62.0. The number of aromatic nitrogens is 1. The quantitative estimate of drug-likeness (QED) is 0.0422. The summed E-state index contributed by atoms with van der Waals surface area (Å²) in [6, 6.07) is 101. The van der Waals surface area contributed by atoms with Crippen molar-refractivity contribution in [2.24, 2.45) is 0 Å². The third-order valence-electron chi connectivity index (χ3n) is 17.8. The summed E-state index contributed by atoms with van der Waals surface area (Å²) < 4.78 is 10.1. The second kappa shape index (κ2) is 42.3. The van der Waals surface area contributed by atoms with Gasteiger partial charge in [-0.25, -0.2) is 4.98 Å². The summed E-state index contributed by atoms with van der Waals surface area (Å²) in [4.78, 5) is 28.9. The van der Waals surface area contributed by atoms with Crippen LogP contribution in [0.15, 0.2) is 297 Å². The van der Waals surface area contributed by atoms with Gasteiger partial charge in [0, 0.05) is 123 Å². The first-order valence-electron chi connectivity index (χ1n) is 35.7. The normalized spacial score (nSPS) is 10.9. The zero-order chi connectivity index (χ0) is 73.1. The second-order valence-electron chi connectivity index (χ2n) is 27.1. The first-order chi connectivity index (χ1) is 50.7. The molecule has 104 heavy (non-hydrogen) atoms. The Morgan fingerprint density at radius 2 is 0.596 bits per heavy atom. The number of hydrogen-bond acceptors (Lipinski definition) is 12. The predicted molar refractivity (Wildman–Crippen MR) is 431 cm³/mol. The largest absolute Gasteiger partial charge is 0.497 e. The van der Waals surface area contributed by atoms with Crippen LogP contribution >= 0.6 is 11.3 Å². The van der Waals surface area contributed by atoms with Gasteiger partial charge >= 0.3 is 0 Å². The molecule has 0 spiro atoms. The molecule has 0 bridgehead atoms. The summed E-state index contributed by atoms with van der Waals surface area (Å²) in [6.45, 7) is 18.1. The van der Waals surface area contributed by atoms with Crippen molar-refractivity contribution in [3.8, 4) is 5.75 Å². The van der Waals surface area contributed by atoms with Crippen LogP contribution < -0.4 is 14.5 Å². The summed E-state index contributed by atoms with van der Waals surface area (Å²) in [5.41, 5.74) is 22.7. The lowest BCUT2D eigenvalue weighted by Gasteiger charge is -2.24. The Bertz CT molecular complexity index is 4250. The van der Waals surface area contributed by atoms with Gasteiger partial charge in [-0.3, -0.25) is 24.4 Å². The summed E-state index contributed by atoms with van der Waals surface area (Å²) >= 11 is 1.71. The minimum atomic E-state index is 0.0946. The molecule has 12 rings (SSSR count). The lowest BCUT2D eigenvalue weighted by molar-refractivity contribution is -0.129. The zero-order valence-corrected chi connectivity index (χ0v) is 62.8. The monoisotopic (exact) mass is 1400 g/mol. The SMILES string of the molecule is CN(C)c1ccc(CN(Cc2ccccc2)Cc2ccc(N(C)C)cc2)cc1.COc1ccc(CN(Cc2ccc(C)cc2)Cc2nccs2)cc1.Cc1ccc(CN(Cc2ccccc2)Cc2ccc(CO)cc2)cc1.Cc1ccc(CN(Cc2ccccc2)Cc2ccc(COC=O)cc2)cc1. The molecule has 0 unspecified atom stereocenters. The Labute approximate surface area is 623 Å². The van der Waals surface area contributed by atoms with Crippen molar-refractivity contribution in [1.82, 2.24) is 24.6 Å². The molecule has 536 valence electrons. The van der Waals surface area contributed by atoms with E-state index in [1.165, 1.54) is 89.3 Å². The van der Waals surface area contributed by atoms with E-state index in [1.807, 2.05) is 54.0 Å². The van der Waals surface area contributed by atoms with Crippen molar-refractivity contribution in [3.63, 3.8) is 0 Å². The topological polar surface area (TPSA) is 88.1 Å². The number of aryl methyl sites for hydroxylation is 3. The number of ether oxygens (including phenoxy) is 2. The van der Waals surface area contributed by atoms with Crippen LogP contribution in [0.1, 0.15) is 94.0 Å². The number of anilines is 2. The van der Waals surface area contributed by atoms with Crippen LogP contribution in [0.2, 0.25) is 0 Å². The average Bonchev–Trinajstić information content (AvgIpc) is 1.07. The maximum atomic E-state index is 10.3. The van der Waals surface area contributed by atoms with Crippen molar-refractivity contribution in [2.75, 3.05) is 45.1 Å². The molecule has 11 nitrogen and oxygen atoms in total. The first-order valence-corrected chi connectivity index (χ1v) is 36.6. The average molecular weight is 1400 g/mol. The van der Waals surface area contributed by atoms with E-state index in [9.17, 15) is 9.90 Å². The maximum absolute atomic E-state index is 10.3. The van der Waals surface area contributed by atoms with Gasteiger partial charge in [-0.15, -0.1) is 11.3 Å². The van der Waals surface area contributed by atoms with Gasteiger partial charge in [0.1, 0.15) is 17.4 Å². The molecule has 0 aliphatic carbocycles.